The van der Waals surface area contributed by atoms with Crippen molar-refractivity contribution in [2.75, 3.05) is 6.54 Å². The Balaban J connectivity index is 2.05. The van der Waals surface area contributed by atoms with Gasteiger partial charge in [0.1, 0.15) is 5.70 Å². The van der Waals surface area contributed by atoms with Gasteiger partial charge in [0.25, 0.3) is 0 Å². The molecule has 0 spiro atoms. The summed E-state index contributed by atoms with van der Waals surface area (Å²) in [6.45, 7) is 0.433. The van der Waals surface area contributed by atoms with Gasteiger partial charge < -0.3 is 5.21 Å². The molecule has 2 aliphatic rings. The zero-order valence-corrected chi connectivity index (χ0v) is 10.3. The predicted molar refractivity (Wildman–Crippen MR) is 70.8 cm³/mol. The second-order valence-electron chi connectivity index (χ2n) is 4.84. The lowest BCUT2D eigenvalue weighted by Crippen LogP contribution is -2.08. The van der Waals surface area contributed by atoms with Gasteiger partial charge in [-0.1, -0.05) is 35.2 Å². The molecule has 0 fully saturated rings. The minimum absolute atomic E-state index is 0.433. The van der Waals surface area contributed by atoms with Crippen molar-refractivity contribution < 1.29 is 4.86 Å². The minimum Gasteiger partial charge on any atom is -0.599 e. The normalized spacial score (nSPS) is 19.8. The van der Waals surface area contributed by atoms with Crippen LogP contribution in [0.15, 0.2) is 52.7 Å². The monoisotopic (exact) mass is 240 g/mol. The van der Waals surface area contributed by atoms with Crippen molar-refractivity contribution in [1.29, 1.82) is 0 Å². The molecule has 3 heteroatoms. The van der Waals surface area contributed by atoms with Crippen LogP contribution in [0.5, 0.6) is 0 Å². The molecule has 3 nitrogen and oxygen atoms in total. The molecule has 1 aromatic carbocycles. The standard InChI is InChI=1S/C15H16N2O/c18-17-11-14-9-5-4-8-13(14)10-15(16-17)12-6-2-1-3-7-12/h1-3,6-7,10H,4-5,8-9,11H2. The molecule has 0 saturated carbocycles. The van der Waals surface area contributed by atoms with E-state index in [4.69, 9.17) is 0 Å². The van der Waals surface area contributed by atoms with E-state index in [9.17, 15) is 5.21 Å². The van der Waals surface area contributed by atoms with Crippen LogP contribution in [0.25, 0.3) is 5.70 Å². The van der Waals surface area contributed by atoms with Gasteiger partial charge in [-0.3, -0.25) is 0 Å². The van der Waals surface area contributed by atoms with E-state index in [2.05, 4.69) is 11.2 Å². The Labute approximate surface area is 107 Å². The molecule has 1 aliphatic carbocycles. The number of allylic oxidation sites excluding steroid dienone is 2. The third-order valence-corrected chi connectivity index (χ3v) is 3.55. The maximum Gasteiger partial charge on any atom is 0.202 e. The number of rotatable bonds is 1. The van der Waals surface area contributed by atoms with Crippen LogP contribution in [0.3, 0.4) is 0 Å². The molecular weight excluding hydrogens is 224 g/mol. The Morgan fingerprint density at radius 1 is 1.06 bits per heavy atom. The van der Waals surface area contributed by atoms with Crippen LogP contribution in [0.2, 0.25) is 0 Å². The minimum atomic E-state index is 0.433. The summed E-state index contributed by atoms with van der Waals surface area (Å²) in [5.41, 5.74) is 4.39. The summed E-state index contributed by atoms with van der Waals surface area (Å²) in [6, 6.07) is 9.92. The summed E-state index contributed by atoms with van der Waals surface area (Å²) in [5, 5.41) is 16.0. The summed E-state index contributed by atoms with van der Waals surface area (Å²) in [5.74, 6) is 0. The van der Waals surface area contributed by atoms with Crippen LogP contribution in [0.1, 0.15) is 31.2 Å². The lowest BCUT2D eigenvalue weighted by Gasteiger charge is -2.14. The molecule has 1 aromatic rings. The van der Waals surface area contributed by atoms with Crippen molar-refractivity contribution in [2.45, 2.75) is 25.7 Å². The molecule has 0 unspecified atom stereocenters. The highest BCUT2D eigenvalue weighted by Gasteiger charge is 2.19. The Morgan fingerprint density at radius 2 is 1.83 bits per heavy atom. The lowest BCUT2D eigenvalue weighted by atomic mass is 9.91. The molecule has 0 bridgehead atoms. The summed E-state index contributed by atoms with van der Waals surface area (Å²) < 4.78 is 0. The predicted octanol–water partition coefficient (Wildman–Crippen LogP) is 3.87. The second kappa shape index (κ2) is 4.77. The molecular formula is C15H16N2O. The third-order valence-electron chi connectivity index (χ3n) is 3.55. The smallest absolute Gasteiger partial charge is 0.202 e. The SMILES string of the molecule is [O-][N+]1=NC(c2ccccc2)=CC2=C(CCCC2)C1. The zero-order valence-electron chi connectivity index (χ0n) is 10.3. The summed E-state index contributed by atoms with van der Waals surface area (Å²) in [7, 11) is 0. The molecule has 0 atom stereocenters. The number of azo groups is 1. The molecule has 1 heterocycles. The largest absolute Gasteiger partial charge is 0.599 e. The van der Waals surface area contributed by atoms with E-state index < -0.39 is 0 Å². The summed E-state index contributed by atoms with van der Waals surface area (Å²) in [4.78, 5) is 0.826. The van der Waals surface area contributed by atoms with E-state index in [1.807, 2.05) is 30.3 Å². The van der Waals surface area contributed by atoms with E-state index in [1.54, 1.807) is 0 Å². The third kappa shape index (κ3) is 2.21. The van der Waals surface area contributed by atoms with Crippen LogP contribution in [0, 0.1) is 5.21 Å². The van der Waals surface area contributed by atoms with Crippen LogP contribution in [-0.2, 0) is 0 Å². The highest BCUT2D eigenvalue weighted by molar-refractivity contribution is 5.67. The number of hydroxylamine groups is 1. The molecule has 18 heavy (non-hydrogen) atoms. The topological polar surface area (TPSA) is 38.4 Å². The number of hydrogen-bond acceptors (Lipinski definition) is 2. The lowest BCUT2D eigenvalue weighted by molar-refractivity contribution is -0.515. The second-order valence-corrected chi connectivity index (χ2v) is 4.84. The molecule has 3 rings (SSSR count). The fourth-order valence-electron chi connectivity index (χ4n) is 2.61. The van der Waals surface area contributed by atoms with Crippen molar-refractivity contribution in [3.8, 4) is 0 Å². The highest BCUT2D eigenvalue weighted by atomic mass is 16.5. The first-order chi connectivity index (χ1) is 8.83. The molecule has 0 N–H and O–H groups in total. The van der Waals surface area contributed by atoms with Crippen LogP contribution >= 0.6 is 0 Å². The molecule has 92 valence electrons. The first-order valence-corrected chi connectivity index (χ1v) is 6.47. The van der Waals surface area contributed by atoms with Gasteiger partial charge in [0.15, 0.2) is 0 Å². The van der Waals surface area contributed by atoms with Gasteiger partial charge in [-0.25, -0.2) is 0 Å². The van der Waals surface area contributed by atoms with Gasteiger partial charge in [0.2, 0.25) is 6.54 Å². The number of nitrogens with zero attached hydrogens (tertiary/aromatic N) is 2. The maximum absolute atomic E-state index is 11.8. The van der Waals surface area contributed by atoms with E-state index in [0.717, 1.165) is 29.0 Å². The molecule has 0 radical (unpaired) electrons. The van der Waals surface area contributed by atoms with Gasteiger partial charge in [-0.05, 0) is 37.3 Å². The van der Waals surface area contributed by atoms with Crippen molar-refractivity contribution in [3.63, 3.8) is 0 Å². The van der Waals surface area contributed by atoms with Crippen molar-refractivity contribution >= 4 is 5.70 Å². The van der Waals surface area contributed by atoms with Gasteiger partial charge in [-0.2, -0.15) is 0 Å². The number of benzene rings is 1. The highest BCUT2D eigenvalue weighted by Crippen LogP contribution is 2.31. The van der Waals surface area contributed by atoms with E-state index >= 15 is 0 Å². The van der Waals surface area contributed by atoms with Gasteiger partial charge in [0.05, 0.1) is 0 Å². The average molecular weight is 240 g/mol. The Bertz CT molecular complexity index is 541. The zero-order chi connectivity index (χ0) is 12.4. The quantitative estimate of drug-likeness (QED) is 0.542. The fraction of sp³-hybridized carbons (Fsp3) is 0.333. The molecule has 1 aliphatic heterocycles. The Morgan fingerprint density at radius 3 is 2.67 bits per heavy atom. The Hall–Kier alpha value is -1.90. The number of hydrogen-bond donors (Lipinski definition) is 0. The molecule has 0 saturated heterocycles. The van der Waals surface area contributed by atoms with Gasteiger partial charge >= 0.3 is 0 Å². The molecule has 0 aromatic heterocycles. The first kappa shape index (κ1) is 11.2. The van der Waals surface area contributed by atoms with Gasteiger partial charge in [-0.15, -0.1) is 0 Å². The fourth-order valence-corrected chi connectivity index (χ4v) is 2.61. The first-order valence-electron chi connectivity index (χ1n) is 6.47. The van der Waals surface area contributed by atoms with Gasteiger partial charge in [0, 0.05) is 16.3 Å². The Kier molecular flexibility index (Phi) is 2.97. The van der Waals surface area contributed by atoms with Crippen molar-refractivity contribution in [2.24, 2.45) is 5.11 Å². The summed E-state index contributed by atoms with van der Waals surface area (Å²) in [6.07, 6.45) is 6.64. The van der Waals surface area contributed by atoms with E-state index in [-0.39, 0.29) is 0 Å². The van der Waals surface area contributed by atoms with Crippen LogP contribution in [-0.4, -0.2) is 11.4 Å². The van der Waals surface area contributed by atoms with Crippen LogP contribution < -0.4 is 0 Å². The van der Waals surface area contributed by atoms with Crippen molar-refractivity contribution in [1.82, 2.24) is 0 Å². The molecule has 0 amide bonds. The van der Waals surface area contributed by atoms with E-state index in [1.165, 1.54) is 24.0 Å². The van der Waals surface area contributed by atoms with Crippen molar-refractivity contribution in [3.05, 3.63) is 58.3 Å². The average Bonchev–Trinajstić information content (AvgIpc) is 2.57. The van der Waals surface area contributed by atoms with E-state index in [0.29, 0.717) is 6.54 Å². The summed E-state index contributed by atoms with van der Waals surface area (Å²) >= 11 is 0. The van der Waals surface area contributed by atoms with Crippen LogP contribution in [0.4, 0.5) is 0 Å². The maximum atomic E-state index is 11.8.